The van der Waals surface area contributed by atoms with Crippen LogP contribution in [0, 0.1) is 6.92 Å². The fraction of sp³-hybridized carbons (Fsp3) is 0.800. The molecule has 0 bridgehead atoms. The molecule has 1 aromatic heterocycles. The molecule has 0 atom stereocenters. The van der Waals surface area contributed by atoms with Crippen LogP contribution in [0.1, 0.15) is 50.9 Å². The largest absolute Gasteiger partial charge is 0.328 e. The summed E-state index contributed by atoms with van der Waals surface area (Å²) in [4.78, 5) is 2.53. The lowest BCUT2D eigenvalue weighted by Crippen LogP contribution is -2.40. The molecule has 4 nitrogen and oxygen atoms in total. The SMILES string of the molecule is CCN(Cc1c(Cl)c(C)nn1CC)C1CCC(N)CC1. The van der Waals surface area contributed by atoms with E-state index in [1.54, 1.807) is 0 Å². The van der Waals surface area contributed by atoms with Crippen LogP contribution in [-0.2, 0) is 13.1 Å². The second-order valence-corrected chi connectivity index (χ2v) is 6.17. The van der Waals surface area contributed by atoms with Gasteiger partial charge in [-0.25, -0.2) is 0 Å². The standard InChI is InChI=1S/C15H27ClN4/c1-4-19(13-8-6-12(17)7-9-13)10-14-15(16)11(3)18-20(14)5-2/h12-13H,4-10,17H2,1-3H3. The molecule has 114 valence electrons. The van der Waals surface area contributed by atoms with Crippen molar-refractivity contribution in [2.75, 3.05) is 6.54 Å². The molecule has 0 aliphatic heterocycles. The van der Waals surface area contributed by atoms with Gasteiger partial charge in [-0.15, -0.1) is 0 Å². The van der Waals surface area contributed by atoms with E-state index >= 15 is 0 Å². The Morgan fingerprint density at radius 2 is 1.95 bits per heavy atom. The van der Waals surface area contributed by atoms with Crippen molar-refractivity contribution in [2.45, 2.75) is 71.6 Å². The Kier molecular flexibility index (Phi) is 5.47. The van der Waals surface area contributed by atoms with Gasteiger partial charge in [0.15, 0.2) is 0 Å². The lowest BCUT2D eigenvalue weighted by molar-refractivity contribution is 0.145. The highest BCUT2D eigenvalue weighted by Crippen LogP contribution is 2.27. The minimum absolute atomic E-state index is 0.400. The molecule has 0 saturated heterocycles. The molecule has 1 saturated carbocycles. The first kappa shape index (κ1) is 15.8. The van der Waals surface area contributed by atoms with Gasteiger partial charge in [0.05, 0.1) is 16.4 Å². The van der Waals surface area contributed by atoms with Crippen molar-refractivity contribution in [2.24, 2.45) is 5.73 Å². The summed E-state index contributed by atoms with van der Waals surface area (Å²) in [6, 6.07) is 1.04. The fourth-order valence-electron chi connectivity index (χ4n) is 3.18. The lowest BCUT2D eigenvalue weighted by atomic mass is 9.90. The Labute approximate surface area is 127 Å². The van der Waals surface area contributed by atoms with Crippen molar-refractivity contribution in [3.05, 3.63) is 16.4 Å². The van der Waals surface area contributed by atoms with Gasteiger partial charge in [-0.3, -0.25) is 9.58 Å². The van der Waals surface area contributed by atoms with E-state index in [0.717, 1.165) is 48.9 Å². The number of halogens is 1. The average Bonchev–Trinajstić information content (AvgIpc) is 2.73. The Balaban J connectivity index is 2.10. The monoisotopic (exact) mass is 298 g/mol. The average molecular weight is 299 g/mol. The van der Waals surface area contributed by atoms with Crippen LogP contribution in [0.3, 0.4) is 0 Å². The van der Waals surface area contributed by atoms with Crippen LogP contribution >= 0.6 is 11.6 Å². The zero-order valence-corrected chi connectivity index (χ0v) is 13.7. The Bertz CT molecular complexity index is 435. The molecule has 0 aromatic carbocycles. The van der Waals surface area contributed by atoms with Gasteiger partial charge < -0.3 is 5.73 Å². The third kappa shape index (κ3) is 3.35. The zero-order valence-electron chi connectivity index (χ0n) is 12.9. The molecule has 1 aliphatic rings. The molecular formula is C15H27ClN4. The van der Waals surface area contributed by atoms with E-state index in [2.05, 4.69) is 23.8 Å². The molecule has 1 fully saturated rings. The van der Waals surface area contributed by atoms with Gasteiger partial charge in [-0.1, -0.05) is 18.5 Å². The van der Waals surface area contributed by atoms with Crippen LogP contribution in [0.4, 0.5) is 0 Å². The Hall–Kier alpha value is -0.580. The minimum Gasteiger partial charge on any atom is -0.328 e. The van der Waals surface area contributed by atoms with E-state index < -0.39 is 0 Å². The van der Waals surface area contributed by atoms with Crippen LogP contribution in [-0.4, -0.2) is 33.3 Å². The highest BCUT2D eigenvalue weighted by molar-refractivity contribution is 6.31. The first-order valence-electron chi connectivity index (χ1n) is 7.78. The van der Waals surface area contributed by atoms with Gasteiger partial charge >= 0.3 is 0 Å². The van der Waals surface area contributed by atoms with Crippen molar-refractivity contribution in [3.63, 3.8) is 0 Å². The smallest absolute Gasteiger partial charge is 0.0860 e. The summed E-state index contributed by atoms with van der Waals surface area (Å²) in [5.41, 5.74) is 8.10. The molecule has 0 unspecified atom stereocenters. The van der Waals surface area contributed by atoms with Crippen molar-refractivity contribution >= 4 is 11.6 Å². The molecule has 0 radical (unpaired) electrons. The number of rotatable bonds is 5. The highest BCUT2D eigenvalue weighted by Gasteiger charge is 2.25. The van der Waals surface area contributed by atoms with Gasteiger partial charge in [0.1, 0.15) is 0 Å². The van der Waals surface area contributed by atoms with E-state index in [9.17, 15) is 0 Å². The number of aryl methyl sites for hydroxylation is 2. The van der Waals surface area contributed by atoms with Gasteiger partial charge in [-0.05, 0) is 46.1 Å². The van der Waals surface area contributed by atoms with Crippen LogP contribution in [0.25, 0.3) is 0 Å². The molecule has 1 aliphatic carbocycles. The number of hydrogen-bond donors (Lipinski definition) is 1. The van der Waals surface area contributed by atoms with Crippen molar-refractivity contribution < 1.29 is 0 Å². The fourth-order valence-corrected chi connectivity index (χ4v) is 3.37. The maximum atomic E-state index is 6.43. The summed E-state index contributed by atoms with van der Waals surface area (Å²) in [5, 5.41) is 5.34. The topological polar surface area (TPSA) is 47.1 Å². The molecule has 1 heterocycles. The summed E-state index contributed by atoms with van der Waals surface area (Å²) < 4.78 is 2.04. The third-order valence-electron chi connectivity index (χ3n) is 4.47. The van der Waals surface area contributed by atoms with Crippen molar-refractivity contribution in [1.82, 2.24) is 14.7 Å². The Morgan fingerprint density at radius 3 is 2.50 bits per heavy atom. The van der Waals surface area contributed by atoms with E-state index in [-0.39, 0.29) is 0 Å². The first-order valence-corrected chi connectivity index (χ1v) is 8.16. The van der Waals surface area contributed by atoms with Gasteiger partial charge in [-0.2, -0.15) is 5.10 Å². The van der Waals surface area contributed by atoms with Gasteiger partial charge in [0.2, 0.25) is 0 Å². The molecule has 0 amide bonds. The van der Waals surface area contributed by atoms with Crippen molar-refractivity contribution in [1.29, 1.82) is 0 Å². The van der Waals surface area contributed by atoms with Crippen LogP contribution in [0.15, 0.2) is 0 Å². The summed E-state index contributed by atoms with van der Waals surface area (Å²) in [6.07, 6.45) is 4.68. The van der Waals surface area contributed by atoms with Crippen molar-refractivity contribution in [3.8, 4) is 0 Å². The normalized spacial score (nSPS) is 23.5. The molecule has 1 aromatic rings. The second-order valence-electron chi connectivity index (χ2n) is 5.79. The maximum absolute atomic E-state index is 6.43. The second kappa shape index (κ2) is 6.92. The van der Waals surface area contributed by atoms with Gasteiger partial charge in [0, 0.05) is 25.2 Å². The molecule has 2 N–H and O–H groups in total. The molecule has 5 heteroatoms. The summed E-state index contributed by atoms with van der Waals surface area (Å²) in [7, 11) is 0. The number of nitrogens with two attached hydrogens (primary N) is 1. The first-order chi connectivity index (χ1) is 9.56. The molecular weight excluding hydrogens is 272 g/mol. The number of nitrogens with zero attached hydrogens (tertiary/aromatic N) is 3. The quantitative estimate of drug-likeness (QED) is 0.909. The summed E-state index contributed by atoms with van der Waals surface area (Å²) >= 11 is 6.43. The van der Waals surface area contributed by atoms with E-state index in [1.807, 2.05) is 11.6 Å². The molecule has 20 heavy (non-hydrogen) atoms. The zero-order chi connectivity index (χ0) is 14.7. The maximum Gasteiger partial charge on any atom is 0.0860 e. The molecule has 2 rings (SSSR count). The summed E-state index contributed by atoms with van der Waals surface area (Å²) in [5.74, 6) is 0. The highest BCUT2D eigenvalue weighted by atomic mass is 35.5. The minimum atomic E-state index is 0.400. The number of aromatic nitrogens is 2. The lowest BCUT2D eigenvalue weighted by Gasteiger charge is -2.35. The van der Waals surface area contributed by atoms with Gasteiger partial charge in [0.25, 0.3) is 0 Å². The van der Waals surface area contributed by atoms with Crippen LogP contribution < -0.4 is 5.73 Å². The number of hydrogen-bond acceptors (Lipinski definition) is 3. The predicted octanol–water partition coefficient (Wildman–Crippen LogP) is 2.96. The van der Waals surface area contributed by atoms with E-state index in [1.165, 1.54) is 12.8 Å². The molecule has 0 spiro atoms. The third-order valence-corrected chi connectivity index (χ3v) is 4.96. The predicted molar refractivity (Wildman–Crippen MR) is 84.0 cm³/mol. The summed E-state index contributed by atoms with van der Waals surface area (Å²) in [6.45, 7) is 9.13. The van der Waals surface area contributed by atoms with Crippen LogP contribution in [0.2, 0.25) is 5.02 Å². The Morgan fingerprint density at radius 1 is 1.30 bits per heavy atom. The van der Waals surface area contributed by atoms with E-state index in [4.69, 9.17) is 17.3 Å². The van der Waals surface area contributed by atoms with Crippen LogP contribution in [0.5, 0.6) is 0 Å². The van der Waals surface area contributed by atoms with E-state index in [0.29, 0.717) is 12.1 Å².